The van der Waals surface area contributed by atoms with Gasteiger partial charge in [-0.25, -0.2) is 4.89 Å². The molecule has 0 bridgehead atoms. The Morgan fingerprint density at radius 3 is 1.59 bits per heavy atom. The third-order valence-electron chi connectivity index (χ3n) is 2.45. The van der Waals surface area contributed by atoms with Crippen LogP contribution in [0.15, 0.2) is 60.7 Å². The van der Waals surface area contributed by atoms with Gasteiger partial charge >= 0.3 is 1.43 Å². The zero-order chi connectivity index (χ0) is 17.0. The Bertz CT molecular complexity index is 523. The van der Waals surface area contributed by atoms with Crippen molar-refractivity contribution in [3.05, 3.63) is 66.2 Å². The molecule has 0 spiro atoms. The van der Waals surface area contributed by atoms with Crippen molar-refractivity contribution in [1.29, 1.82) is 0 Å². The average Bonchev–Trinajstić information content (AvgIpc) is 2.49. The smallest absolute Gasteiger partial charge is 0.508 e. The van der Waals surface area contributed by atoms with Gasteiger partial charge in [-0.15, -0.1) is 0 Å². The molecule has 0 radical (unpaired) electrons. The monoisotopic (exact) mass is 305 g/mol. The van der Waals surface area contributed by atoms with Crippen molar-refractivity contribution >= 4 is 5.78 Å². The van der Waals surface area contributed by atoms with E-state index in [0.717, 1.165) is 5.56 Å². The van der Waals surface area contributed by atoms with Crippen LogP contribution < -0.4 is 0 Å². The molecular weight excluding hydrogens is 280 g/mol. The van der Waals surface area contributed by atoms with E-state index in [2.05, 4.69) is 4.89 Å². The molecule has 4 nitrogen and oxygen atoms in total. The van der Waals surface area contributed by atoms with Gasteiger partial charge in [-0.2, -0.15) is 0 Å². The first-order valence-electron chi connectivity index (χ1n) is 6.89. The lowest BCUT2D eigenvalue weighted by molar-refractivity contribution is -0.318. The minimum atomic E-state index is -0.610. The number of para-hydroxylation sites is 1. The van der Waals surface area contributed by atoms with Gasteiger partial charge in [0.1, 0.15) is 17.1 Å². The van der Waals surface area contributed by atoms with Crippen molar-refractivity contribution in [2.45, 2.75) is 33.3 Å². The summed E-state index contributed by atoms with van der Waals surface area (Å²) in [4.78, 5) is 13.8. The van der Waals surface area contributed by atoms with E-state index in [-0.39, 0.29) is 7.21 Å². The number of phenolic OH excluding ortho intramolecular Hbond substituents is 1. The van der Waals surface area contributed by atoms with E-state index in [1.165, 1.54) is 13.8 Å². The Morgan fingerprint density at radius 2 is 1.32 bits per heavy atom. The minimum Gasteiger partial charge on any atom is -0.508 e. The molecule has 0 saturated carbocycles. The number of aromatic hydroxyl groups is 1. The summed E-state index contributed by atoms with van der Waals surface area (Å²) < 4.78 is 0. The highest BCUT2D eigenvalue weighted by Gasteiger charge is 2.20. The lowest BCUT2D eigenvalue weighted by Crippen LogP contribution is -2.19. The molecule has 0 aliphatic rings. The van der Waals surface area contributed by atoms with Gasteiger partial charge in [0.25, 0.3) is 0 Å². The maximum atomic E-state index is 9.44. The number of carbonyl (C=O) groups is 1. The highest BCUT2D eigenvalue weighted by atomic mass is 17.1. The standard InChI is InChI=1S/C9H12O2.C6H6O.C3H6O/c1-9(2,11-10)8-6-4-3-5-7-8;7-6-4-2-1-3-5-6;1-3(2)4/h3-7,10H,1-2H3;1-5,7H;1-2H3/p+1. The van der Waals surface area contributed by atoms with Gasteiger partial charge in [-0.1, -0.05) is 48.5 Å². The van der Waals surface area contributed by atoms with Gasteiger partial charge in [-0.3, -0.25) is 5.26 Å². The van der Waals surface area contributed by atoms with E-state index < -0.39 is 5.60 Å². The predicted molar refractivity (Wildman–Crippen MR) is 88.8 cm³/mol. The molecule has 2 aromatic rings. The Hall–Kier alpha value is -2.17. The van der Waals surface area contributed by atoms with Crippen LogP contribution in [0.3, 0.4) is 0 Å². The molecule has 4 heteroatoms. The molecule has 2 rings (SSSR count). The van der Waals surface area contributed by atoms with E-state index in [4.69, 9.17) is 10.4 Å². The first-order valence-corrected chi connectivity index (χ1v) is 6.89. The van der Waals surface area contributed by atoms with Gasteiger partial charge in [0.2, 0.25) is 0 Å². The zero-order valence-electron chi connectivity index (χ0n) is 14.5. The molecule has 0 saturated heterocycles. The fourth-order valence-corrected chi connectivity index (χ4v) is 1.32. The van der Waals surface area contributed by atoms with Crippen LogP contribution in [0.2, 0.25) is 0 Å². The molecule has 0 amide bonds. The first kappa shape index (κ1) is 19.8. The van der Waals surface area contributed by atoms with Gasteiger partial charge in [0.05, 0.1) is 0 Å². The van der Waals surface area contributed by atoms with Crippen LogP contribution in [0.1, 0.15) is 34.7 Å². The van der Waals surface area contributed by atoms with Crippen LogP contribution >= 0.6 is 0 Å². The van der Waals surface area contributed by atoms with Crippen molar-refractivity contribution in [3.8, 4) is 5.75 Å². The SMILES string of the molecule is CC(C)(OO)c1ccccc1.CC(C)=O.Oc1ccccc1.[H+]. The highest BCUT2D eigenvalue weighted by Crippen LogP contribution is 2.22. The first-order chi connectivity index (χ1) is 10.3. The minimum absolute atomic E-state index is 0. The van der Waals surface area contributed by atoms with Gasteiger partial charge in [0, 0.05) is 0 Å². The van der Waals surface area contributed by atoms with Crippen LogP contribution in [0, 0.1) is 0 Å². The second kappa shape index (κ2) is 10.5. The number of phenols is 1. The van der Waals surface area contributed by atoms with Crippen molar-refractivity contribution in [3.63, 3.8) is 0 Å². The van der Waals surface area contributed by atoms with E-state index in [9.17, 15) is 4.79 Å². The summed E-state index contributed by atoms with van der Waals surface area (Å²) in [6.07, 6.45) is 0. The van der Waals surface area contributed by atoms with E-state index in [1.807, 2.05) is 50.2 Å². The number of benzene rings is 2. The molecule has 2 aromatic carbocycles. The Labute approximate surface area is 133 Å². The molecule has 0 unspecified atom stereocenters. The maximum Gasteiger partial charge on any atom is 1.00 e. The summed E-state index contributed by atoms with van der Waals surface area (Å²) >= 11 is 0. The highest BCUT2D eigenvalue weighted by molar-refractivity contribution is 5.72. The van der Waals surface area contributed by atoms with Crippen molar-refractivity contribution < 1.29 is 21.5 Å². The second-order valence-electron chi connectivity index (χ2n) is 5.21. The Morgan fingerprint density at radius 1 is 0.955 bits per heavy atom. The van der Waals surface area contributed by atoms with Gasteiger partial charge < -0.3 is 9.90 Å². The van der Waals surface area contributed by atoms with E-state index in [1.54, 1.807) is 24.3 Å². The summed E-state index contributed by atoms with van der Waals surface area (Å²) in [7, 11) is 0. The summed E-state index contributed by atoms with van der Waals surface area (Å²) in [5, 5.41) is 17.2. The van der Waals surface area contributed by atoms with Gasteiger partial charge in [-0.05, 0) is 45.4 Å². The number of hydrogen-bond acceptors (Lipinski definition) is 4. The topological polar surface area (TPSA) is 66.8 Å². The summed E-state index contributed by atoms with van der Waals surface area (Å²) in [6, 6.07) is 18.3. The molecular formula is C18H25O4+. The third-order valence-corrected chi connectivity index (χ3v) is 2.45. The summed E-state index contributed by atoms with van der Waals surface area (Å²) in [6.45, 7) is 6.67. The molecule has 0 aromatic heterocycles. The number of hydrogen-bond donors (Lipinski definition) is 2. The normalized spacial score (nSPS) is 9.68. The molecule has 120 valence electrons. The summed E-state index contributed by atoms with van der Waals surface area (Å²) in [5.74, 6) is 0.488. The molecule has 0 fully saturated rings. The van der Waals surface area contributed by atoms with Crippen LogP contribution in [-0.4, -0.2) is 16.1 Å². The lowest BCUT2D eigenvalue weighted by Gasteiger charge is -2.20. The van der Waals surface area contributed by atoms with E-state index in [0.29, 0.717) is 5.75 Å². The average molecular weight is 305 g/mol. The molecule has 22 heavy (non-hydrogen) atoms. The summed E-state index contributed by atoms with van der Waals surface area (Å²) in [5.41, 5.74) is 0.351. The Balaban J connectivity index is 0. The van der Waals surface area contributed by atoms with Crippen molar-refractivity contribution in [1.82, 2.24) is 0 Å². The van der Waals surface area contributed by atoms with Crippen LogP contribution in [0.5, 0.6) is 5.75 Å². The van der Waals surface area contributed by atoms with Crippen molar-refractivity contribution in [2.24, 2.45) is 0 Å². The number of Topliss-reactive ketones (excluding diaryl/α,β-unsaturated/α-hetero) is 1. The molecule has 0 atom stereocenters. The van der Waals surface area contributed by atoms with Gasteiger partial charge in [0.15, 0.2) is 0 Å². The van der Waals surface area contributed by atoms with E-state index >= 15 is 0 Å². The largest absolute Gasteiger partial charge is 1.00 e. The fourth-order valence-electron chi connectivity index (χ4n) is 1.32. The number of carbonyl (C=O) groups excluding carboxylic acids is 1. The molecule has 0 heterocycles. The number of ketones is 1. The third kappa shape index (κ3) is 9.69. The molecule has 2 N–H and O–H groups in total. The Kier molecular flexibility index (Phi) is 9.50. The van der Waals surface area contributed by atoms with Crippen molar-refractivity contribution in [2.75, 3.05) is 0 Å². The predicted octanol–water partition coefficient (Wildman–Crippen LogP) is 4.51. The number of rotatable bonds is 2. The lowest BCUT2D eigenvalue weighted by atomic mass is 9.99. The van der Waals surface area contributed by atoms with Crippen LogP contribution in [-0.2, 0) is 15.3 Å². The molecule has 0 aliphatic heterocycles. The second-order valence-corrected chi connectivity index (χ2v) is 5.21. The maximum absolute atomic E-state index is 9.44. The van der Waals surface area contributed by atoms with Crippen LogP contribution in [0.25, 0.3) is 0 Å². The quantitative estimate of drug-likeness (QED) is 0.632. The van der Waals surface area contributed by atoms with Crippen LogP contribution in [0.4, 0.5) is 0 Å². The fraction of sp³-hybridized carbons (Fsp3) is 0.278. The zero-order valence-corrected chi connectivity index (χ0v) is 13.5. The molecule has 0 aliphatic carbocycles.